The number of rotatable bonds is 30. The zero-order valence-electron chi connectivity index (χ0n) is 26.0. The van der Waals surface area contributed by atoms with E-state index >= 15 is 0 Å². The van der Waals surface area contributed by atoms with Gasteiger partial charge in [-0.1, -0.05) is 0 Å². The standard InChI is InChI=1S/4C8H17.2ClH.O.2Sn/c4*1-3-5-7-8-6-4-2;;;;;/h4*1,3-8H2,2H3;2*1H;;;/q;;;;;;;2*+1/p-2. The van der Waals surface area contributed by atoms with Gasteiger partial charge in [-0.15, -0.1) is 0 Å². The van der Waals surface area contributed by atoms with Crippen LogP contribution >= 0.6 is 17.8 Å². The number of unbranched alkanes of at least 4 members (excludes halogenated alkanes) is 20. The van der Waals surface area contributed by atoms with Gasteiger partial charge < -0.3 is 0 Å². The molecule has 0 spiro atoms. The van der Waals surface area contributed by atoms with E-state index in [4.69, 9.17) is 19.3 Å². The summed E-state index contributed by atoms with van der Waals surface area (Å²) in [6.07, 6.45) is 32.3. The van der Waals surface area contributed by atoms with E-state index in [1.807, 2.05) is 0 Å². The molecule has 0 heterocycles. The summed E-state index contributed by atoms with van der Waals surface area (Å²) in [6, 6.07) is 0. The topological polar surface area (TPSA) is 9.23 Å². The van der Waals surface area contributed by atoms with Crippen molar-refractivity contribution in [1.29, 1.82) is 0 Å². The van der Waals surface area contributed by atoms with Crippen LogP contribution in [0.15, 0.2) is 0 Å². The van der Waals surface area contributed by atoms with Gasteiger partial charge in [-0.25, -0.2) is 0 Å². The van der Waals surface area contributed by atoms with Gasteiger partial charge in [-0.2, -0.15) is 0 Å². The minimum absolute atomic E-state index is 1.20. The molecular formula is C32H68Cl2OSn2. The van der Waals surface area contributed by atoms with E-state index < -0.39 is 35.3 Å². The molecule has 0 radical (unpaired) electrons. The van der Waals surface area contributed by atoms with Gasteiger partial charge in [0.15, 0.2) is 0 Å². The first-order valence-electron chi connectivity index (χ1n) is 17.0. The Bertz CT molecular complexity index is 392. The van der Waals surface area contributed by atoms with Gasteiger partial charge in [0, 0.05) is 0 Å². The second kappa shape index (κ2) is 28.3. The van der Waals surface area contributed by atoms with Crippen molar-refractivity contribution in [3.8, 4) is 0 Å². The normalized spacial score (nSPS) is 12.5. The van der Waals surface area contributed by atoms with Gasteiger partial charge >= 0.3 is 254 Å². The molecule has 0 aromatic carbocycles. The zero-order valence-corrected chi connectivity index (χ0v) is 33.2. The van der Waals surface area contributed by atoms with E-state index in [0.29, 0.717) is 0 Å². The predicted octanol–water partition coefficient (Wildman–Crippen LogP) is 13.8. The maximum atomic E-state index is 7.62. The number of hydrogen-bond acceptors (Lipinski definition) is 1. The minimum atomic E-state index is -3.15. The molecule has 0 aliphatic carbocycles. The molecule has 1 nitrogen and oxygen atoms in total. The summed E-state index contributed by atoms with van der Waals surface area (Å²) in [5.74, 6) is 0. The van der Waals surface area contributed by atoms with Crippen LogP contribution in [0.5, 0.6) is 0 Å². The average Bonchev–Trinajstić information content (AvgIpc) is 2.88. The van der Waals surface area contributed by atoms with E-state index in [2.05, 4.69) is 27.7 Å². The molecule has 5 heteroatoms. The molecule has 0 rings (SSSR count). The molecule has 37 heavy (non-hydrogen) atoms. The average molecular weight is 777 g/mol. The van der Waals surface area contributed by atoms with Gasteiger partial charge in [0.1, 0.15) is 0 Å². The van der Waals surface area contributed by atoms with Gasteiger partial charge in [0.05, 0.1) is 0 Å². The summed E-state index contributed by atoms with van der Waals surface area (Å²) >= 11 is -6.29. The van der Waals surface area contributed by atoms with E-state index in [0.717, 1.165) is 0 Å². The van der Waals surface area contributed by atoms with Crippen molar-refractivity contribution >= 4 is 53.2 Å². The van der Waals surface area contributed by atoms with Crippen LogP contribution in [0.1, 0.15) is 182 Å². The molecule has 0 aliphatic rings. The molecule has 0 bridgehead atoms. The van der Waals surface area contributed by atoms with Crippen molar-refractivity contribution in [1.82, 2.24) is 0 Å². The predicted molar refractivity (Wildman–Crippen MR) is 177 cm³/mol. The first-order valence-corrected chi connectivity index (χ1v) is 34.7. The Morgan fingerprint density at radius 1 is 0.324 bits per heavy atom. The third kappa shape index (κ3) is 25.6. The van der Waals surface area contributed by atoms with E-state index in [1.165, 1.54) is 172 Å². The quantitative estimate of drug-likeness (QED) is 0.0521. The monoisotopic (exact) mass is 778 g/mol. The Morgan fingerprint density at radius 3 is 0.730 bits per heavy atom. The van der Waals surface area contributed by atoms with Crippen molar-refractivity contribution in [2.45, 2.75) is 200 Å². The Hall–Kier alpha value is 2.14. The van der Waals surface area contributed by atoms with Gasteiger partial charge in [0.25, 0.3) is 0 Å². The Kier molecular flexibility index (Phi) is 29.9. The van der Waals surface area contributed by atoms with E-state index in [9.17, 15) is 0 Å². The first kappa shape index (κ1) is 39.1. The maximum absolute atomic E-state index is 7.62. The molecule has 0 saturated carbocycles. The molecule has 0 atom stereocenters. The Labute approximate surface area is 252 Å². The van der Waals surface area contributed by atoms with Crippen molar-refractivity contribution in [3.63, 3.8) is 0 Å². The molecule has 0 N–H and O–H groups in total. The van der Waals surface area contributed by atoms with Crippen LogP contribution in [0.4, 0.5) is 0 Å². The first-order chi connectivity index (χ1) is 17.9. The van der Waals surface area contributed by atoms with Crippen LogP contribution in [0.2, 0.25) is 17.7 Å². The van der Waals surface area contributed by atoms with Crippen LogP contribution in [0, 0.1) is 0 Å². The molecule has 224 valence electrons. The van der Waals surface area contributed by atoms with Crippen molar-refractivity contribution in [3.05, 3.63) is 0 Å². The fourth-order valence-electron chi connectivity index (χ4n) is 5.46. The summed E-state index contributed by atoms with van der Waals surface area (Å²) in [5, 5.41) is 0. The van der Waals surface area contributed by atoms with Gasteiger partial charge in [0.2, 0.25) is 0 Å². The van der Waals surface area contributed by atoms with E-state index in [-0.39, 0.29) is 0 Å². The second-order valence-corrected chi connectivity index (χ2v) is 41.5. The molecule has 0 aromatic heterocycles. The van der Waals surface area contributed by atoms with Crippen LogP contribution in [-0.2, 0) is 1.41 Å². The molecule has 0 fully saturated rings. The molecule has 0 saturated heterocycles. The molecule has 0 aromatic rings. The van der Waals surface area contributed by atoms with Crippen LogP contribution in [0.25, 0.3) is 0 Å². The van der Waals surface area contributed by atoms with Crippen LogP contribution in [0.3, 0.4) is 0 Å². The molecular weight excluding hydrogens is 709 g/mol. The molecule has 0 unspecified atom stereocenters. The third-order valence-corrected chi connectivity index (χ3v) is 48.7. The Balaban J connectivity index is 5.03. The van der Waals surface area contributed by atoms with Crippen LogP contribution < -0.4 is 0 Å². The van der Waals surface area contributed by atoms with Gasteiger partial charge in [-0.05, 0) is 0 Å². The SMILES string of the molecule is CCCCCCC[CH2][Sn]([Cl])([CH2]CCCCCCC)[O][Sn]([Cl])([CH2]CCCCCCC)[CH2]CCCCCCC. The van der Waals surface area contributed by atoms with Crippen molar-refractivity contribution in [2.24, 2.45) is 0 Å². The fraction of sp³-hybridized carbons (Fsp3) is 1.00. The number of hydrogen-bond donors (Lipinski definition) is 0. The third-order valence-electron chi connectivity index (χ3n) is 7.98. The van der Waals surface area contributed by atoms with Gasteiger partial charge in [-0.3, -0.25) is 0 Å². The molecule has 0 amide bonds. The summed E-state index contributed by atoms with van der Waals surface area (Å²) < 4.78 is 12.1. The van der Waals surface area contributed by atoms with Crippen LogP contribution in [-0.4, -0.2) is 35.3 Å². The van der Waals surface area contributed by atoms with Crippen molar-refractivity contribution < 1.29 is 1.41 Å². The number of halogens is 2. The summed E-state index contributed by atoms with van der Waals surface area (Å²) in [5.41, 5.74) is 0. The summed E-state index contributed by atoms with van der Waals surface area (Å²) in [6.45, 7) is 9.20. The summed E-state index contributed by atoms with van der Waals surface area (Å²) in [7, 11) is 15.2. The molecule has 0 aliphatic heterocycles. The zero-order chi connectivity index (χ0) is 27.5. The fourth-order valence-corrected chi connectivity index (χ4v) is 57.8. The van der Waals surface area contributed by atoms with Crippen molar-refractivity contribution in [2.75, 3.05) is 0 Å². The summed E-state index contributed by atoms with van der Waals surface area (Å²) in [4.78, 5) is 0. The van der Waals surface area contributed by atoms with E-state index in [1.54, 1.807) is 0 Å². The Morgan fingerprint density at radius 2 is 0.514 bits per heavy atom. The second-order valence-electron chi connectivity index (χ2n) is 11.9.